The second-order valence-corrected chi connectivity index (χ2v) is 6.60. The fourth-order valence-corrected chi connectivity index (χ4v) is 3.54. The van der Waals surface area contributed by atoms with Crippen molar-refractivity contribution in [2.75, 3.05) is 4.90 Å². The molecule has 3 nitrogen and oxygen atoms in total. The summed E-state index contributed by atoms with van der Waals surface area (Å²) in [5, 5.41) is 3.20. The molecule has 98 valence electrons. The Labute approximate surface area is 116 Å². The Balaban J connectivity index is 2.23. The van der Waals surface area contributed by atoms with Crippen molar-refractivity contribution in [2.45, 2.75) is 39.9 Å². The van der Waals surface area contributed by atoms with Crippen molar-refractivity contribution < 1.29 is 0 Å². The monoisotopic (exact) mass is 281 g/mol. The van der Waals surface area contributed by atoms with Crippen molar-refractivity contribution in [1.82, 2.24) is 4.98 Å². The number of rotatable bonds is 5. The number of thiophene rings is 1. The zero-order valence-corrected chi connectivity index (χ0v) is 12.6. The van der Waals surface area contributed by atoms with E-state index in [4.69, 9.17) is 5.73 Å². The first-order valence-electron chi connectivity index (χ1n) is 6.07. The molecule has 0 fully saturated rings. The lowest BCUT2D eigenvalue weighted by molar-refractivity contribution is 0.684. The van der Waals surface area contributed by atoms with Gasteiger partial charge in [-0.1, -0.05) is 6.07 Å². The van der Waals surface area contributed by atoms with Crippen LogP contribution in [-0.2, 0) is 13.1 Å². The standard InChI is InChI=1S/C13H19N3S2/c1-9(2)16(8-11-5-4-6-17-11)13-15-10(3)12(7-14)18-13/h4-6,9H,7-8,14H2,1-3H3. The topological polar surface area (TPSA) is 42.2 Å². The van der Waals surface area contributed by atoms with Crippen LogP contribution in [0.5, 0.6) is 0 Å². The lowest BCUT2D eigenvalue weighted by atomic mass is 10.3. The van der Waals surface area contributed by atoms with E-state index >= 15 is 0 Å². The number of thiazole rings is 1. The van der Waals surface area contributed by atoms with Crippen LogP contribution in [0.4, 0.5) is 5.13 Å². The predicted octanol–water partition coefficient (Wildman–Crippen LogP) is 3.39. The molecule has 0 saturated carbocycles. The summed E-state index contributed by atoms with van der Waals surface area (Å²) in [4.78, 5) is 9.54. The molecular weight excluding hydrogens is 262 g/mol. The average molecular weight is 281 g/mol. The SMILES string of the molecule is Cc1nc(N(Cc2cccs2)C(C)C)sc1CN. The van der Waals surface area contributed by atoms with E-state index in [0.717, 1.165) is 17.4 Å². The zero-order valence-electron chi connectivity index (χ0n) is 11.0. The van der Waals surface area contributed by atoms with Gasteiger partial charge in [0.05, 0.1) is 12.2 Å². The molecule has 0 amide bonds. The van der Waals surface area contributed by atoms with Gasteiger partial charge in [0, 0.05) is 22.3 Å². The quantitative estimate of drug-likeness (QED) is 0.913. The lowest BCUT2D eigenvalue weighted by Gasteiger charge is -2.25. The van der Waals surface area contributed by atoms with Crippen LogP contribution in [0.25, 0.3) is 0 Å². The van der Waals surface area contributed by atoms with E-state index in [1.165, 1.54) is 9.75 Å². The summed E-state index contributed by atoms with van der Waals surface area (Å²) in [5.74, 6) is 0. The Morgan fingerprint density at radius 2 is 2.22 bits per heavy atom. The van der Waals surface area contributed by atoms with Crippen molar-refractivity contribution in [3.63, 3.8) is 0 Å². The summed E-state index contributed by atoms with van der Waals surface area (Å²) < 4.78 is 0. The average Bonchev–Trinajstić information content (AvgIpc) is 2.94. The van der Waals surface area contributed by atoms with Gasteiger partial charge in [0.25, 0.3) is 0 Å². The number of anilines is 1. The van der Waals surface area contributed by atoms with Gasteiger partial charge in [-0.3, -0.25) is 0 Å². The van der Waals surface area contributed by atoms with Crippen LogP contribution in [0.3, 0.4) is 0 Å². The van der Waals surface area contributed by atoms with E-state index < -0.39 is 0 Å². The van der Waals surface area contributed by atoms with Crippen LogP contribution in [0, 0.1) is 6.92 Å². The van der Waals surface area contributed by atoms with Crippen molar-refractivity contribution in [3.8, 4) is 0 Å². The molecule has 0 aliphatic rings. The fourth-order valence-electron chi connectivity index (χ4n) is 1.77. The van der Waals surface area contributed by atoms with Crippen LogP contribution >= 0.6 is 22.7 Å². The van der Waals surface area contributed by atoms with E-state index in [9.17, 15) is 0 Å². The molecule has 0 bridgehead atoms. The van der Waals surface area contributed by atoms with Crippen molar-refractivity contribution in [3.05, 3.63) is 33.0 Å². The molecule has 0 unspecified atom stereocenters. The maximum atomic E-state index is 5.73. The Hall–Kier alpha value is -0.910. The maximum absolute atomic E-state index is 5.73. The highest BCUT2D eigenvalue weighted by molar-refractivity contribution is 7.15. The Morgan fingerprint density at radius 1 is 1.44 bits per heavy atom. The van der Waals surface area contributed by atoms with Gasteiger partial charge < -0.3 is 10.6 Å². The summed E-state index contributed by atoms with van der Waals surface area (Å²) in [6.07, 6.45) is 0. The first-order chi connectivity index (χ1) is 8.61. The van der Waals surface area contributed by atoms with Gasteiger partial charge in [0.15, 0.2) is 5.13 Å². The van der Waals surface area contributed by atoms with Gasteiger partial charge in [-0.15, -0.1) is 22.7 Å². The predicted molar refractivity (Wildman–Crippen MR) is 80.4 cm³/mol. The number of hydrogen-bond donors (Lipinski definition) is 1. The van der Waals surface area contributed by atoms with Gasteiger partial charge in [-0.05, 0) is 32.2 Å². The van der Waals surface area contributed by atoms with Gasteiger partial charge >= 0.3 is 0 Å². The third-order valence-electron chi connectivity index (χ3n) is 2.84. The molecule has 2 N–H and O–H groups in total. The molecular formula is C13H19N3S2. The molecule has 0 aromatic carbocycles. The summed E-state index contributed by atoms with van der Waals surface area (Å²) in [6, 6.07) is 4.70. The van der Waals surface area contributed by atoms with Gasteiger partial charge in [-0.25, -0.2) is 4.98 Å². The Bertz CT molecular complexity index is 488. The smallest absolute Gasteiger partial charge is 0.186 e. The Morgan fingerprint density at radius 3 is 2.72 bits per heavy atom. The normalized spacial score (nSPS) is 11.2. The van der Waals surface area contributed by atoms with Gasteiger partial charge in [0.2, 0.25) is 0 Å². The molecule has 0 aliphatic carbocycles. The van der Waals surface area contributed by atoms with Crippen LogP contribution < -0.4 is 10.6 Å². The van der Waals surface area contributed by atoms with E-state index in [2.05, 4.69) is 41.2 Å². The minimum atomic E-state index is 0.434. The third kappa shape index (κ3) is 2.91. The molecule has 2 aromatic rings. The first-order valence-corrected chi connectivity index (χ1v) is 7.76. The lowest BCUT2D eigenvalue weighted by Crippen LogP contribution is -2.29. The second-order valence-electron chi connectivity index (χ2n) is 4.51. The van der Waals surface area contributed by atoms with Crippen LogP contribution in [0.2, 0.25) is 0 Å². The van der Waals surface area contributed by atoms with E-state index in [0.29, 0.717) is 12.6 Å². The van der Waals surface area contributed by atoms with Gasteiger partial charge in [-0.2, -0.15) is 0 Å². The van der Waals surface area contributed by atoms with Crippen LogP contribution in [-0.4, -0.2) is 11.0 Å². The van der Waals surface area contributed by atoms with Gasteiger partial charge in [0.1, 0.15) is 0 Å². The minimum absolute atomic E-state index is 0.434. The number of aryl methyl sites for hydroxylation is 1. The third-order valence-corrected chi connectivity index (χ3v) is 4.92. The highest BCUT2D eigenvalue weighted by Gasteiger charge is 2.17. The molecule has 2 aromatic heterocycles. The highest BCUT2D eigenvalue weighted by Crippen LogP contribution is 2.29. The van der Waals surface area contributed by atoms with Crippen LogP contribution in [0.1, 0.15) is 29.3 Å². The fraction of sp³-hybridized carbons (Fsp3) is 0.462. The molecule has 5 heteroatoms. The Kier molecular flexibility index (Phi) is 4.37. The summed E-state index contributed by atoms with van der Waals surface area (Å²) in [7, 11) is 0. The molecule has 0 atom stereocenters. The molecule has 2 heterocycles. The summed E-state index contributed by atoms with van der Waals surface area (Å²) in [6.45, 7) is 7.94. The second kappa shape index (κ2) is 5.82. The van der Waals surface area contributed by atoms with E-state index in [1.54, 1.807) is 22.7 Å². The number of nitrogens with zero attached hydrogens (tertiary/aromatic N) is 2. The molecule has 2 rings (SSSR count). The molecule has 0 saturated heterocycles. The summed E-state index contributed by atoms with van der Waals surface area (Å²) >= 11 is 3.50. The summed E-state index contributed by atoms with van der Waals surface area (Å²) in [5.41, 5.74) is 6.79. The van der Waals surface area contributed by atoms with E-state index in [1.807, 2.05) is 6.92 Å². The molecule has 0 aliphatic heterocycles. The maximum Gasteiger partial charge on any atom is 0.186 e. The number of hydrogen-bond acceptors (Lipinski definition) is 5. The zero-order chi connectivity index (χ0) is 13.1. The van der Waals surface area contributed by atoms with Crippen molar-refractivity contribution in [2.24, 2.45) is 5.73 Å². The molecule has 18 heavy (non-hydrogen) atoms. The molecule has 0 spiro atoms. The van der Waals surface area contributed by atoms with Crippen LogP contribution in [0.15, 0.2) is 17.5 Å². The van der Waals surface area contributed by atoms with E-state index in [-0.39, 0.29) is 0 Å². The largest absolute Gasteiger partial charge is 0.341 e. The minimum Gasteiger partial charge on any atom is -0.341 e. The van der Waals surface area contributed by atoms with Crippen molar-refractivity contribution >= 4 is 27.8 Å². The molecule has 0 radical (unpaired) electrons. The highest BCUT2D eigenvalue weighted by atomic mass is 32.1. The van der Waals surface area contributed by atoms with Crippen molar-refractivity contribution in [1.29, 1.82) is 0 Å². The number of aromatic nitrogens is 1. The first kappa shape index (κ1) is 13.5. The number of nitrogens with two attached hydrogens (primary N) is 1.